The van der Waals surface area contributed by atoms with Gasteiger partial charge in [-0.3, -0.25) is 9.69 Å². The largest absolute Gasteiger partial charge is 0.467 e. The molecule has 0 bridgehead atoms. The molecule has 0 atom stereocenters. The molecule has 10 heteroatoms. The van der Waals surface area contributed by atoms with Gasteiger partial charge < -0.3 is 9.73 Å². The van der Waals surface area contributed by atoms with Gasteiger partial charge in [0.05, 0.1) is 30.8 Å². The average molecular weight is 498 g/mol. The summed E-state index contributed by atoms with van der Waals surface area (Å²) < 4.78 is 6.08. The molecule has 0 saturated carbocycles. The molecule has 0 fully saturated rings. The Labute approximate surface area is 204 Å². The van der Waals surface area contributed by atoms with E-state index >= 15 is 0 Å². The fourth-order valence-corrected chi connectivity index (χ4v) is 6.39. The average Bonchev–Trinajstić information content (AvgIpc) is 3.61. The van der Waals surface area contributed by atoms with Crippen LogP contribution in [0.3, 0.4) is 0 Å². The number of hydrogen-bond acceptors (Lipinski definition) is 9. The van der Waals surface area contributed by atoms with Gasteiger partial charge in [0.25, 0.3) is 0 Å². The van der Waals surface area contributed by atoms with E-state index < -0.39 is 0 Å². The number of anilines is 2. The Morgan fingerprint density at radius 2 is 1.97 bits per heavy atom. The molecule has 7 nitrogen and oxygen atoms in total. The monoisotopic (exact) mass is 497 g/mol. The lowest BCUT2D eigenvalue weighted by atomic mass is 10.0. The molecular formula is C23H23N5O2S3. The summed E-state index contributed by atoms with van der Waals surface area (Å²) in [6.45, 7) is 1.06. The number of benzene rings is 1. The van der Waals surface area contributed by atoms with E-state index in [4.69, 9.17) is 9.40 Å². The topological polar surface area (TPSA) is 84.2 Å². The van der Waals surface area contributed by atoms with E-state index in [2.05, 4.69) is 15.5 Å². The number of rotatable bonds is 9. The van der Waals surface area contributed by atoms with Crippen LogP contribution >= 0.6 is 34.4 Å². The van der Waals surface area contributed by atoms with Crippen molar-refractivity contribution in [1.82, 2.24) is 15.2 Å². The molecule has 4 aromatic rings. The second-order valence-corrected chi connectivity index (χ2v) is 10.9. The third-order valence-corrected chi connectivity index (χ3v) is 8.45. The van der Waals surface area contributed by atoms with E-state index in [0.29, 0.717) is 18.2 Å². The number of carbonyl (C=O) groups excluding carboxylic acids is 1. The van der Waals surface area contributed by atoms with Crippen LogP contribution in [0.1, 0.15) is 34.7 Å². The molecule has 3 aromatic heterocycles. The van der Waals surface area contributed by atoms with Gasteiger partial charge in [-0.1, -0.05) is 53.4 Å². The molecule has 3 heterocycles. The Morgan fingerprint density at radius 1 is 1.09 bits per heavy atom. The highest BCUT2D eigenvalue weighted by molar-refractivity contribution is 8.01. The van der Waals surface area contributed by atoms with Crippen LogP contribution in [0.2, 0.25) is 0 Å². The zero-order valence-electron chi connectivity index (χ0n) is 17.9. The zero-order valence-corrected chi connectivity index (χ0v) is 20.3. The van der Waals surface area contributed by atoms with Gasteiger partial charge >= 0.3 is 0 Å². The minimum absolute atomic E-state index is 0.0234. The Hall–Kier alpha value is -2.69. The number of thiazole rings is 1. The number of aryl methyl sites for hydroxylation is 2. The van der Waals surface area contributed by atoms with E-state index in [0.717, 1.165) is 39.3 Å². The van der Waals surface area contributed by atoms with Gasteiger partial charge in [0.2, 0.25) is 11.0 Å². The van der Waals surface area contributed by atoms with Crippen LogP contribution in [-0.2, 0) is 30.7 Å². The molecule has 0 spiro atoms. The van der Waals surface area contributed by atoms with Crippen molar-refractivity contribution in [3.8, 4) is 0 Å². The van der Waals surface area contributed by atoms with Crippen molar-refractivity contribution in [2.45, 2.75) is 43.1 Å². The lowest BCUT2D eigenvalue weighted by Gasteiger charge is -2.19. The maximum atomic E-state index is 13.3. The minimum atomic E-state index is 0.0234. The number of carbonyl (C=O) groups is 1. The number of fused-ring (bicyclic) bond motifs is 1. The van der Waals surface area contributed by atoms with Gasteiger partial charge in [0.1, 0.15) is 5.76 Å². The van der Waals surface area contributed by atoms with Gasteiger partial charge in [-0.05, 0) is 43.4 Å². The predicted molar refractivity (Wildman–Crippen MR) is 133 cm³/mol. The first-order chi connectivity index (χ1) is 16.2. The van der Waals surface area contributed by atoms with E-state index in [-0.39, 0.29) is 11.7 Å². The highest BCUT2D eigenvalue weighted by Gasteiger charge is 2.24. The number of amides is 1. The number of nitrogens with zero attached hydrogens (tertiary/aromatic N) is 4. The van der Waals surface area contributed by atoms with Gasteiger partial charge in [0.15, 0.2) is 9.47 Å². The molecule has 5 rings (SSSR count). The molecule has 1 aliphatic rings. The summed E-state index contributed by atoms with van der Waals surface area (Å²) in [5.74, 6) is 1.14. The lowest BCUT2D eigenvalue weighted by Crippen LogP contribution is -2.31. The van der Waals surface area contributed by atoms with E-state index in [1.807, 2.05) is 47.4 Å². The number of nitrogens with one attached hydrogen (secondary N) is 1. The summed E-state index contributed by atoms with van der Waals surface area (Å²) >= 11 is 4.51. The van der Waals surface area contributed by atoms with Gasteiger partial charge in [-0.2, -0.15) is 0 Å². The third-order valence-electron chi connectivity index (χ3n) is 5.27. The van der Waals surface area contributed by atoms with Gasteiger partial charge in [-0.15, -0.1) is 21.5 Å². The number of hydrogen-bond donors (Lipinski definition) is 1. The number of aromatic nitrogens is 3. The van der Waals surface area contributed by atoms with Crippen LogP contribution in [0.15, 0.2) is 57.5 Å². The normalized spacial score (nSPS) is 13.0. The molecule has 170 valence electrons. The molecule has 1 aromatic carbocycles. The van der Waals surface area contributed by atoms with Crippen LogP contribution in [0.25, 0.3) is 0 Å². The summed E-state index contributed by atoms with van der Waals surface area (Å²) in [4.78, 5) is 21.3. The zero-order chi connectivity index (χ0) is 22.5. The fourth-order valence-electron chi connectivity index (χ4n) is 3.60. The van der Waals surface area contributed by atoms with Crippen LogP contribution in [0.5, 0.6) is 0 Å². The Balaban J connectivity index is 1.25. The van der Waals surface area contributed by atoms with Crippen molar-refractivity contribution in [3.63, 3.8) is 0 Å². The Kier molecular flexibility index (Phi) is 7.03. The second-order valence-electron chi connectivity index (χ2n) is 7.63. The summed E-state index contributed by atoms with van der Waals surface area (Å²) in [6.07, 6.45) is 6.08. The third kappa shape index (κ3) is 5.63. The molecule has 0 saturated heterocycles. The first kappa shape index (κ1) is 22.1. The highest BCUT2D eigenvalue weighted by atomic mass is 32.2. The quantitative estimate of drug-likeness (QED) is 0.310. The lowest BCUT2D eigenvalue weighted by molar-refractivity contribution is -0.116. The first-order valence-corrected chi connectivity index (χ1v) is 13.4. The molecule has 33 heavy (non-hydrogen) atoms. The highest BCUT2D eigenvalue weighted by Crippen LogP contribution is 2.33. The van der Waals surface area contributed by atoms with Crippen molar-refractivity contribution in [1.29, 1.82) is 0 Å². The Bertz CT molecular complexity index is 1170. The first-order valence-electron chi connectivity index (χ1n) is 10.8. The van der Waals surface area contributed by atoms with E-state index in [1.165, 1.54) is 40.8 Å². The number of thioether (sulfide) groups is 1. The molecule has 0 aliphatic heterocycles. The second kappa shape index (κ2) is 10.5. The molecule has 0 radical (unpaired) electrons. The Morgan fingerprint density at radius 3 is 2.79 bits per heavy atom. The van der Waals surface area contributed by atoms with Crippen LogP contribution < -0.4 is 10.2 Å². The van der Waals surface area contributed by atoms with Crippen molar-refractivity contribution < 1.29 is 9.21 Å². The van der Waals surface area contributed by atoms with Crippen LogP contribution in [0, 0.1) is 0 Å². The standard InChI is InChI=1S/C23H23N5O2S3/c29-20(15-31-23-27-26-21(33-23)24-13-17-9-6-12-30-17)28(14-16-7-2-1-3-8-16)22-25-18-10-4-5-11-19(18)32-22/h1-3,6-9,12H,4-5,10-11,13-15H2,(H,24,26). The SMILES string of the molecule is O=C(CSc1nnc(NCc2ccco2)s1)N(Cc1ccccc1)c1nc2c(s1)CCCC2. The van der Waals surface area contributed by atoms with Crippen LogP contribution in [-0.4, -0.2) is 26.8 Å². The summed E-state index contributed by atoms with van der Waals surface area (Å²) in [5.41, 5.74) is 2.25. The minimum Gasteiger partial charge on any atom is -0.467 e. The van der Waals surface area contributed by atoms with Gasteiger partial charge in [0, 0.05) is 4.88 Å². The van der Waals surface area contributed by atoms with E-state index in [9.17, 15) is 4.79 Å². The number of furan rings is 1. The van der Waals surface area contributed by atoms with Crippen LogP contribution in [0.4, 0.5) is 10.3 Å². The molecule has 1 amide bonds. The van der Waals surface area contributed by atoms with Gasteiger partial charge in [-0.25, -0.2) is 4.98 Å². The maximum Gasteiger partial charge on any atom is 0.239 e. The smallest absolute Gasteiger partial charge is 0.239 e. The molecule has 0 unspecified atom stereocenters. The summed E-state index contributed by atoms with van der Waals surface area (Å²) in [7, 11) is 0. The fraction of sp³-hybridized carbons (Fsp3) is 0.304. The maximum absolute atomic E-state index is 13.3. The summed E-state index contributed by atoms with van der Waals surface area (Å²) in [6, 6.07) is 13.8. The van der Waals surface area contributed by atoms with Crippen molar-refractivity contribution in [2.75, 3.05) is 16.0 Å². The van der Waals surface area contributed by atoms with Crippen molar-refractivity contribution in [2.24, 2.45) is 0 Å². The molecule has 1 N–H and O–H groups in total. The summed E-state index contributed by atoms with van der Waals surface area (Å²) in [5, 5.41) is 13.1. The van der Waals surface area contributed by atoms with E-state index in [1.54, 1.807) is 17.6 Å². The van der Waals surface area contributed by atoms with Crippen molar-refractivity contribution >= 4 is 50.6 Å². The molecule has 1 aliphatic carbocycles. The molecular weight excluding hydrogens is 474 g/mol. The predicted octanol–water partition coefficient (Wildman–Crippen LogP) is 5.40. The van der Waals surface area contributed by atoms with Crippen molar-refractivity contribution in [3.05, 3.63) is 70.6 Å².